The molecule has 2 saturated heterocycles. The predicted molar refractivity (Wildman–Crippen MR) is 208 cm³/mol. The molecule has 14 nitrogen and oxygen atoms in total. The molecule has 15 heteroatoms. The van der Waals surface area contributed by atoms with Gasteiger partial charge < -0.3 is 15.7 Å². The number of rotatable bonds is 9. The molecule has 2 fully saturated rings. The maximum Gasteiger partial charge on any atom is 0.329 e. The van der Waals surface area contributed by atoms with Gasteiger partial charge in [0.25, 0.3) is 0 Å². The molecule has 2 aliphatic heterocycles. The summed E-state index contributed by atoms with van der Waals surface area (Å²) in [5.74, 6) is 4.63. The van der Waals surface area contributed by atoms with Crippen LogP contribution in [0.15, 0.2) is 77.9 Å². The van der Waals surface area contributed by atoms with Gasteiger partial charge in [0, 0.05) is 67.9 Å². The number of amides is 4. The molecule has 0 saturated carbocycles. The van der Waals surface area contributed by atoms with Crippen molar-refractivity contribution in [2.75, 3.05) is 30.8 Å². The Morgan fingerprint density at radius 1 is 1.00 bits per heavy atom. The van der Waals surface area contributed by atoms with Crippen molar-refractivity contribution in [2.45, 2.75) is 57.5 Å². The van der Waals surface area contributed by atoms with Crippen LogP contribution in [0.5, 0.6) is 0 Å². The second-order valence-electron chi connectivity index (χ2n) is 14.2. The number of para-hydroxylation sites is 1. The third kappa shape index (κ3) is 8.52. The van der Waals surface area contributed by atoms with Gasteiger partial charge in [-0.05, 0) is 86.8 Å². The smallest absolute Gasteiger partial charge is 0.329 e. The number of nitrogens with one attached hydrogen (secondary N) is 3. The third-order valence-corrected chi connectivity index (χ3v) is 10.4. The average molecular weight is 760 g/mol. The van der Waals surface area contributed by atoms with E-state index in [1.165, 1.54) is 16.3 Å². The van der Waals surface area contributed by atoms with E-state index in [1.807, 2.05) is 30.3 Å². The Labute approximate surface area is 322 Å². The Morgan fingerprint density at radius 2 is 1.79 bits per heavy atom. The Bertz CT molecular complexity index is 2410. The van der Waals surface area contributed by atoms with E-state index in [1.54, 1.807) is 23.7 Å². The number of carbonyl (C=O) groups is 3. The number of piperidine rings is 2. The number of likely N-dealkylation sites (tertiary alicyclic amines) is 1. The zero-order chi connectivity index (χ0) is 39.3. The summed E-state index contributed by atoms with van der Waals surface area (Å²) >= 11 is 0. The first kappa shape index (κ1) is 38.1. The monoisotopic (exact) mass is 759 g/mol. The summed E-state index contributed by atoms with van der Waals surface area (Å²) in [4.78, 5) is 62.8. The Morgan fingerprint density at radius 3 is 2.54 bits per heavy atom. The van der Waals surface area contributed by atoms with Gasteiger partial charge >= 0.3 is 11.7 Å². The number of aliphatic hydroxyl groups is 1. The highest BCUT2D eigenvalue weighted by Crippen LogP contribution is 2.27. The van der Waals surface area contributed by atoms with Gasteiger partial charge in [-0.3, -0.25) is 33.8 Å². The van der Waals surface area contributed by atoms with E-state index in [-0.39, 0.29) is 29.3 Å². The molecule has 5 heterocycles. The first-order valence-corrected chi connectivity index (χ1v) is 18.4. The summed E-state index contributed by atoms with van der Waals surface area (Å²) in [6.45, 7) is 2.89. The van der Waals surface area contributed by atoms with Crippen LogP contribution in [-0.4, -0.2) is 78.0 Å². The van der Waals surface area contributed by atoms with Crippen LogP contribution >= 0.6 is 0 Å². The number of carbonyl (C=O) groups excluding carboxylic acids is 3. The van der Waals surface area contributed by atoms with Gasteiger partial charge in [0.05, 0.1) is 23.3 Å². The maximum atomic E-state index is 13.6. The molecule has 4 amide bonds. The zero-order valence-electron chi connectivity index (χ0n) is 31.1. The number of imidazole rings is 1. The number of nitrogens with zero attached hydrogens (tertiary/aromatic N) is 6. The van der Waals surface area contributed by atoms with Crippen molar-refractivity contribution in [1.29, 1.82) is 0 Å². The summed E-state index contributed by atoms with van der Waals surface area (Å²) < 4.78 is 16.7. The molecule has 0 bridgehead atoms. The molecule has 4 N–H and O–H groups in total. The molecule has 2 aliphatic rings. The Kier molecular flexibility index (Phi) is 11.3. The summed E-state index contributed by atoms with van der Waals surface area (Å²) in [5.41, 5.74) is 5.57. The van der Waals surface area contributed by atoms with Gasteiger partial charge in [-0.1, -0.05) is 30.2 Å². The maximum absolute atomic E-state index is 13.6. The second-order valence-corrected chi connectivity index (χ2v) is 14.2. The summed E-state index contributed by atoms with van der Waals surface area (Å²) in [5, 5.41) is 17.0. The topological polar surface area (TPSA) is 167 Å². The number of aryl methyl sites for hydroxylation is 1. The van der Waals surface area contributed by atoms with Crippen molar-refractivity contribution in [2.24, 2.45) is 7.05 Å². The predicted octanol–water partition coefficient (Wildman–Crippen LogP) is 3.88. The Hall–Kier alpha value is -6.21. The number of urea groups is 1. The number of anilines is 2. The van der Waals surface area contributed by atoms with Gasteiger partial charge in [0.1, 0.15) is 11.7 Å². The SMILES string of the molecule is CN(Cc1ccc(C#Cc2cc(NC(=O)Nc3cc(F)ncc3CO)ccn2)cc1)C1CCN(Cc2cccc3c2n(C)c(=O)n3C2CCC(=O)NC2=O)CC1. The number of aromatic nitrogens is 4. The number of benzene rings is 2. The first-order valence-electron chi connectivity index (χ1n) is 18.4. The van der Waals surface area contributed by atoms with Gasteiger partial charge in [-0.2, -0.15) is 4.39 Å². The molecule has 0 radical (unpaired) electrons. The molecule has 0 spiro atoms. The van der Waals surface area contributed by atoms with Crippen molar-refractivity contribution in [3.05, 3.63) is 117 Å². The minimum Gasteiger partial charge on any atom is -0.392 e. The van der Waals surface area contributed by atoms with Crippen molar-refractivity contribution in [3.63, 3.8) is 0 Å². The van der Waals surface area contributed by atoms with Crippen LogP contribution in [0.3, 0.4) is 0 Å². The van der Waals surface area contributed by atoms with E-state index in [2.05, 4.69) is 66.7 Å². The molecule has 7 rings (SSSR count). The number of halogens is 1. The van der Waals surface area contributed by atoms with Crippen molar-refractivity contribution in [1.82, 2.24) is 34.2 Å². The summed E-state index contributed by atoms with van der Waals surface area (Å²) in [6, 6.07) is 17.3. The van der Waals surface area contributed by atoms with Crippen LogP contribution in [0.25, 0.3) is 11.0 Å². The molecule has 288 valence electrons. The van der Waals surface area contributed by atoms with E-state index < -0.39 is 30.5 Å². The lowest BCUT2D eigenvalue weighted by Crippen LogP contribution is -2.44. The minimum atomic E-state index is -0.779. The lowest BCUT2D eigenvalue weighted by molar-refractivity contribution is -0.135. The number of fused-ring (bicyclic) bond motifs is 1. The number of pyridine rings is 2. The van der Waals surface area contributed by atoms with E-state index >= 15 is 0 Å². The Balaban J connectivity index is 0.913. The zero-order valence-corrected chi connectivity index (χ0v) is 31.1. The molecular formula is C41H42FN9O5. The quantitative estimate of drug-likeness (QED) is 0.0992. The van der Waals surface area contributed by atoms with Crippen molar-refractivity contribution < 1.29 is 23.9 Å². The van der Waals surface area contributed by atoms with Crippen LogP contribution in [0.1, 0.15) is 59.7 Å². The van der Waals surface area contributed by atoms with Crippen molar-refractivity contribution in [3.8, 4) is 11.8 Å². The third-order valence-electron chi connectivity index (χ3n) is 10.4. The van der Waals surface area contributed by atoms with Crippen LogP contribution in [-0.2, 0) is 36.3 Å². The van der Waals surface area contributed by atoms with Crippen molar-refractivity contribution >= 4 is 40.3 Å². The molecule has 3 aromatic heterocycles. The van der Waals surface area contributed by atoms with E-state index in [0.717, 1.165) is 61.4 Å². The number of hydrogen-bond acceptors (Lipinski definition) is 9. The summed E-state index contributed by atoms with van der Waals surface area (Å²) in [6.07, 6.45) is 5.20. The largest absolute Gasteiger partial charge is 0.392 e. The van der Waals surface area contributed by atoms with Crippen LogP contribution in [0.4, 0.5) is 20.6 Å². The highest BCUT2D eigenvalue weighted by molar-refractivity contribution is 6.01. The van der Waals surface area contributed by atoms with Gasteiger partial charge in [-0.25, -0.2) is 19.6 Å². The lowest BCUT2D eigenvalue weighted by atomic mass is 10.0. The standard InChI is InChI=1S/C41H42FN9O5/c1-48(32-15-18-50(19-16-32)24-28-4-3-5-34-38(28)49(2)41(56)51(34)35-12-13-37(53)47-39(35)54)23-27-8-6-26(7-9-27)10-11-30-20-31(14-17-43-30)45-40(55)46-33-21-36(42)44-22-29(33)25-52/h3-9,14,17,20-22,32,35,52H,12-13,15-16,18-19,23-25H2,1-2H3,(H,47,53,54)(H2,43,44,45,46,55). The first-order chi connectivity index (χ1) is 27.1. The van der Waals surface area contributed by atoms with Crippen LogP contribution in [0, 0.1) is 17.8 Å². The lowest BCUT2D eigenvalue weighted by Gasteiger charge is -2.37. The summed E-state index contributed by atoms with van der Waals surface area (Å²) in [7, 11) is 3.89. The molecule has 5 aromatic rings. The molecular weight excluding hydrogens is 718 g/mol. The molecule has 0 aliphatic carbocycles. The number of imide groups is 1. The molecule has 1 unspecified atom stereocenters. The van der Waals surface area contributed by atoms with Crippen LogP contribution < -0.4 is 21.6 Å². The van der Waals surface area contributed by atoms with Gasteiger partial charge in [0.15, 0.2) is 0 Å². The molecule has 1 atom stereocenters. The number of hydrogen-bond donors (Lipinski definition) is 4. The van der Waals surface area contributed by atoms with E-state index in [4.69, 9.17) is 0 Å². The number of aliphatic hydroxyl groups excluding tert-OH is 1. The van der Waals surface area contributed by atoms with Crippen LogP contribution in [0.2, 0.25) is 0 Å². The normalized spacial score (nSPS) is 16.4. The van der Waals surface area contributed by atoms with E-state index in [0.29, 0.717) is 35.9 Å². The molecule has 2 aromatic carbocycles. The fourth-order valence-corrected chi connectivity index (χ4v) is 7.44. The van der Waals surface area contributed by atoms with E-state index in [9.17, 15) is 28.7 Å². The van der Waals surface area contributed by atoms with Gasteiger partial charge in [-0.15, -0.1) is 0 Å². The minimum absolute atomic E-state index is 0.116. The second kappa shape index (κ2) is 16.7. The van der Waals surface area contributed by atoms with Gasteiger partial charge in [0.2, 0.25) is 17.8 Å². The highest BCUT2D eigenvalue weighted by atomic mass is 19.1. The average Bonchev–Trinajstić information content (AvgIpc) is 3.44. The highest BCUT2D eigenvalue weighted by Gasteiger charge is 2.32. The fourth-order valence-electron chi connectivity index (χ4n) is 7.44. The fraction of sp³-hybridized carbons (Fsp3) is 0.317. The molecule has 56 heavy (non-hydrogen) atoms.